The fourth-order valence-electron chi connectivity index (χ4n) is 2.56. The fourth-order valence-corrected chi connectivity index (χ4v) is 2.56. The zero-order valence-electron chi connectivity index (χ0n) is 9.08. The highest BCUT2D eigenvalue weighted by atomic mass is 16.6. The number of methoxy groups -OCH3 is 2. The second kappa shape index (κ2) is 4.03. The Kier molecular flexibility index (Phi) is 2.86. The first kappa shape index (κ1) is 11.3. The summed E-state index contributed by atoms with van der Waals surface area (Å²) in [5.41, 5.74) is 0. The average Bonchev–Trinajstić information content (AvgIpc) is 2.82. The molecule has 6 heteroatoms. The summed E-state index contributed by atoms with van der Waals surface area (Å²) in [6.45, 7) is 0. The van der Waals surface area contributed by atoms with E-state index in [0.29, 0.717) is 6.42 Å². The molecule has 1 N–H and O–H groups in total. The van der Waals surface area contributed by atoms with Gasteiger partial charge in [-0.25, -0.2) is 0 Å². The molecule has 2 aliphatic rings. The topological polar surface area (TPSA) is 82.1 Å². The zero-order chi connectivity index (χ0) is 11.9. The number of aliphatic hydroxyl groups is 1. The summed E-state index contributed by atoms with van der Waals surface area (Å²) in [6, 6.07) is 0. The number of fused-ring (bicyclic) bond motifs is 2. The molecule has 2 fully saturated rings. The maximum atomic E-state index is 11.6. The van der Waals surface area contributed by atoms with Crippen molar-refractivity contribution in [2.75, 3.05) is 14.2 Å². The smallest absolute Gasteiger partial charge is 0.312 e. The molecule has 2 heterocycles. The number of rotatable bonds is 2. The van der Waals surface area contributed by atoms with Crippen molar-refractivity contribution in [3.8, 4) is 0 Å². The van der Waals surface area contributed by atoms with E-state index in [0.717, 1.165) is 0 Å². The van der Waals surface area contributed by atoms with Crippen LogP contribution in [0.15, 0.2) is 0 Å². The van der Waals surface area contributed by atoms with E-state index >= 15 is 0 Å². The molecule has 16 heavy (non-hydrogen) atoms. The fraction of sp³-hybridized carbons (Fsp3) is 0.800. The summed E-state index contributed by atoms with van der Waals surface area (Å²) in [7, 11) is 2.51. The van der Waals surface area contributed by atoms with E-state index in [-0.39, 0.29) is 0 Å². The maximum absolute atomic E-state index is 11.6. The van der Waals surface area contributed by atoms with E-state index in [9.17, 15) is 14.7 Å². The molecular formula is C10H14O6. The molecule has 2 bridgehead atoms. The highest BCUT2D eigenvalue weighted by Gasteiger charge is 2.60. The summed E-state index contributed by atoms with van der Waals surface area (Å²) >= 11 is 0. The van der Waals surface area contributed by atoms with Crippen LogP contribution in [0.2, 0.25) is 0 Å². The van der Waals surface area contributed by atoms with Gasteiger partial charge in [0, 0.05) is 6.42 Å². The summed E-state index contributed by atoms with van der Waals surface area (Å²) in [5.74, 6) is -2.45. The number of ether oxygens (including phenoxy) is 3. The lowest BCUT2D eigenvalue weighted by Crippen LogP contribution is -2.44. The Morgan fingerprint density at radius 1 is 1.19 bits per heavy atom. The van der Waals surface area contributed by atoms with Crippen molar-refractivity contribution in [3.05, 3.63) is 0 Å². The molecule has 2 rings (SSSR count). The molecule has 2 aliphatic heterocycles. The first-order chi connectivity index (χ1) is 7.60. The number of carbonyl (C=O) groups is 2. The highest BCUT2D eigenvalue weighted by molar-refractivity contribution is 5.84. The van der Waals surface area contributed by atoms with E-state index in [2.05, 4.69) is 9.47 Å². The van der Waals surface area contributed by atoms with Crippen molar-refractivity contribution in [1.82, 2.24) is 0 Å². The number of esters is 2. The molecule has 5 atom stereocenters. The van der Waals surface area contributed by atoms with E-state index in [4.69, 9.17) is 4.74 Å². The second-order valence-electron chi connectivity index (χ2n) is 4.04. The van der Waals surface area contributed by atoms with Crippen LogP contribution in [-0.4, -0.2) is 49.6 Å². The van der Waals surface area contributed by atoms with Gasteiger partial charge in [-0.15, -0.1) is 0 Å². The Morgan fingerprint density at radius 3 is 2.31 bits per heavy atom. The van der Waals surface area contributed by atoms with Crippen LogP contribution in [0.4, 0.5) is 0 Å². The van der Waals surface area contributed by atoms with Crippen molar-refractivity contribution in [2.24, 2.45) is 11.8 Å². The van der Waals surface area contributed by atoms with Crippen LogP contribution >= 0.6 is 0 Å². The number of carbonyl (C=O) groups excluding carboxylic acids is 2. The molecule has 0 aliphatic carbocycles. The molecule has 0 spiro atoms. The quantitative estimate of drug-likeness (QED) is 0.619. The van der Waals surface area contributed by atoms with Crippen molar-refractivity contribution in [3.63, 3.8) is 0 Å². The standard InChI is InChI=1S/C10H14O6/c1-14-9(12)6-5-3-4(11)8(16-5)7(6)10(13)15-2/h4-8,11H,3H2,1-2H3. The molecule has 5 unspecified atom stereocenters. The van der Waals surface area contributed by atoms with Crippen LogP contribution in [0.5, 0.6) is 0 Å². The largest absolute Gasteiger partial charge is 0.469 e. The zero-order valence-corrected chi connectivity index (χ0v) is 9.08. The van der Waals surface area contributed by atoms with Gasteiger partial charge in [-0.1, -0.05) is 0 Å². The Balaban J connectivity index is 2.24. The van der Waals surface area contributed by atoms with Crippen LogP contribution < -0.4 is 0 Å². The summed E-state index contributed by atoms with van der Waals surface area (Å²) in [6.07, 6.45) is -1.45. The minimum Gasteiger partial charge on any atom is -0.469 e. The van der Waals surface area contributed by atoms with Crippen LogP contribution in [-0.2, 0) is 23.8 Å². The third-order valence-electron chi connectivity index (χ3n) is 3.27. The van der Waals surface area contributed by atoms with Gasteiger partial charge in [0.2, 0.25) is 0 Å². The lowest BCUT2D eigenvalue weighted by Gasteiger charge is -2.26. The first-order valence-corrected chi connectivity index (χ1v) is 5.09. The summed E-state index contributed by atoms with van der Waals surface area (Å²) < 4.78 is 14.7. The van der Waals surface area contributed by atoms with Gasteiger partial charge in [0.15, 0.2) is 0 Å². The van der Waals surface area contributed by atoms with Crippen molar-refractivity contribution in [1.29, 1.82) is 0 Å². The summed E-state index contributed by atoms with van der Waals surface area (Å²) in [4.78, 5) is 23.1. The van der Waals surface area contributed by atoms with Crippen LogP contribution in [0.25, 0.3) is 0 Å². The number of aliphatic hydroxyl groups excluding tert-OH is 1. The van der Waals surface area contributed by atoms with Crippen molar-refractivity contribution >= 4 is 11.9 Å². The van der Waals surface area contributed by atoms with E-state index in [1.807, 2.05) is 0 Å². The van der Waals surface area contributed by atoms with Gasteiger partial charge in [0.25, 0.3) is 0 Å². The van der Waals surface area contributed by atoms with Gasteiger partial charge in [-0.05, 0) is 0 Å². The Bertz CT molecular complexity index is 314. The van der Waals surface area contributed by atoms with Gasteiger partial charge in [0.05, 0.1) is 38.4 Å². The van der Waals surface area contributed by atoms with Gasteiger partial charge < -0.3 is 19.3 Å². The van der Waals surface area contributed by atoms with Gasteiger partial charge in [-0.3, -0.25) is 9.59 Å². The predicted octanol–water partition coefficient (Wildman–Crippen LogP) is -0.903. The third-order valence-corrected chi connectivity index (χ3v) is 3.27. The molecule has 6 nitrogen and oxygen atoms in total. The molecule has 2 saturated heterocycles. The minimum atomic E-state index is -0.758. The van der Waals surface area contributed by atoms with Crippen LogP contribution in [0.1, 0.15) is 6.42 Å². The monoisotopic (exact) mass is 230 g/mol. The minimum absolute atomic E-state index is 0.359. The third kappa shape index (κ3) is 1.49. The molecule has 0 amide bonds. The van der Waals surface area contributed by atoms with Crippen LogP contribution in [0.3, 0.4) is 0 Å². The van der Waals surface area contributed by atoms with Gasteiger partial charge in [0.1, 0.15) is 5.92 Å². The average molecular weight is 230 g/mol. The van der Waals surface area contributed by atoms with Crippen molar-refractivity contribution in [2.45, 2.75) is 24.7 Å². The Hall–Kier alpha value is -1.14. The van der Waals surface area contributed by atoms with E-state index in [1.165, 1.54) is 14.2 Å². The Labute approximate surface area is 92.5 Å². The molecular weight excluding hydrogens is 216 g/mol. The predicted molar refractivity (Wildman–Crippen MR) is 50.3 cm³/mol. The van der Waals surface area contributed by atoms with E-state index in [1.54, 1.807) is 0 Å². The molecule has 0 aromatic heterocycles. The first-order valence-electron chi connectivity index (χ1n) is 5.09. The lowest BCUT2D eigenvalue weighted by atomic mass is 9.78. The molecule has 0 aromatic carbocycles. The molecule has 0 aromatic rings. The number of hydrogen-bond acceptors (Lipinski definition) is 6. The molecule has 0 saturated carbocycles. The summed E-state index contributed by atoms with van der Waals surface area (Å²) in [5, 5.41) is 9.62. The maximum Gasteiger partial charge on any atom is 0.312 e. The van der Waals surface area contributed by atoms with Crippen molar-refractivity contribution < 1.29 is 28.9 Å². The molecule has 90 valence electrons. The second-order valence-corrected chi connectivity index (χ2v) is 4.04. The highest BCUT2D eigenvalue weighted by Crippen LogP contribution is 2.44. The Morgan fingerprint density at radius 2 is 1.75 bits per heavy atom. The van der Waals surface area contributed by atoms with E-state index < -0.39 is 42.1 Å². The normalized spacial score (nSPS) is 40.8. The molecule has 0 radical (unpaired) electrons. The van der Waals surface area contributed by atoms with Gasteiger partial charge in [-0.2, -0.15) is 0 Å². The lowest BCUT2D eigenvalue weighted by molar-refractivity contribution is -0.159. The van der Waals surface area contributed by atoms with Crippen LogP contribution in [0, 0.1) is 11.8 Å². The number of hydrogen-bond donors (Lipinski definition) is 1. The SMILES string of the molecule is COC(=O)C1C2CC(O)C(O2)C1C(=O)OC. The van der Waals surface area contributed by atoms with Gasteiger partial charge >= 0.3 is 11.9 Å².